The highest BCUT2D eigenvalue weighted by Gasteiger charge is 2.44. The van der Waals surface area contributed by atoms with Gasteiger partial charge < -0.3 is 0 Å². The van der Waals surface area contributed by atoms with E-state index in [0.29, 0.717) is 0 Å². The molecule has 0 heterocycles. The molecule has 0 radical (unpaired) electrons. The molecule has 1 aromatic carbocycles. The number of halogens is 3. The Morgan fingerprint density at radius 2 is 1.81 bits per heavy atom. The Labute approximate surface area is 119 Å². The molecule has 0 aliphatic heterocycles. The SMILES string of the molecule is NS(=O)(=O)C1=CCC(OC(F)(F)F)(c2ccccc2)C=C1. The Morgan fingerprint density at radius 1 is 1.19 bits per heavy atom. The summed E-state index contributed by atoms with van der Waals surface area (Å²) < 4.78 is 64.7. The standard InChI is InChI=1S/C13H12F3NO3S/c14-13(15,16)20-12(10-4-2-1-3-5-10)8-6-11(7-9-12)21(17,18)19/h1-8H,9H2,(H2,17,18,19). The zero-order chi connectivity index (χ0) is 15.7. The van der Waals surface area contributed by atoms with Crippen LogP contribution in [0.3, 0.4) is 0 Å². The zero-order valence-electron chi connectivity index (χ0n) is 10.7. The van der Waals surface area contributed by atoms with E-state index in [4.69, 9.17) is 5.14 Å². The average Bonchev–Trinajstić information content (AvgIpc) is 2.37. The fraction of sp³-hybridized carbons (Fsp3) is 0.231. The van der Waals surface area contributed by atoms with Crippen molar-refractivity contribution < 1.29 is 26.3 Å². The van der Waals surface area contributed by atoms with Gasteiger partial charge in [-0.1, -0.05) is 36.4 Å². The third-order valence-corrected chi connectivity index (χ3v) is 3.97. The molecule has 0 spiro atoms. The molecule has 2 N–H and O–H groups in total. The second kappa shape index (κ2) is 5.28. The number of nitrogens with two attached hydrogens (primary N) is 1. The lowest BCUT2D eigenvalue weighted by molar-refractivity contribution is -0.361. The number of ether oxygens (including phenoxy) is 1. The van der Waals surface area contributed by atoms with Crippen molar-refractivity contribution in [3.63, 3.8) is 0 Å². The second-order valence-electron chi connectivity index (χ2n) is 4.49. The quantitative estimate of drug-likeness (QED) is 0.931. The van der Waals surface area contributed by atoms with Gasteiger partial charge in [0.2, 0.25) is 10.0 Å². The van der Waals surface area contributed by atoms with Crippen LogP contribution in [0.15, 0.2) is 53.5 Å². The van der Waals surface area contributed by atoms with Crippen molar-refractivity contribution in [1.29, 1.82) is 0 Å². The Morgan fingerprint density at radius 3 is 2.24 bits per heavy atom. The van der Waals surface area contributed by atoms with Crippen LogP contribution >= 0.6 is 0 Å². The van der Waals surface area contributed by atoms with E-state index >= 15 is 0 Å². The van der Waals surface area contributed by atoms with Crippen LogP contribution in [0.4, 0.5) is 13.2 Å². The van der Waals surface area contributed by atoms with Gasteiger partial charge >= 0.3 is 6.36 Å². The molecule has 1 unspecified atom stereocenters. The van der Waals surface area contributed by atoms with Crippen LogP contribution in [0.25, 0.3) is 0 Å². The first-order valence-corrected chi connectivity index (χ1v) is 7.42. The molecular formula is C13H12F3NO3S. The molecule has 2 rings (SSSR count). The maximum atomic E-state index is 12.7. The second-order valence-corrected chi connectivity index (χ2v) is 6.05. The van der Waals surface area contributed by atoms with E-state index in [-0.39, 0.29) is 16.9 Å². The van der Waals surface area contributed by atoms with E-state index in [1.807, 2.05) is 0 Å². The van der Waals surface area contributed by atoms with Crippen LogP contribution in [0, 0.1) is 0 Å². The lowest BCUT2D eigenvalue weighted by atomic mass is 9.87. The fourth-order valence-corrected chi connectivity index (χ4v) is 2.66. The van der Waals surface area contributed by atoms with Crippen LogP contribution in [-0.2, 0) is 20.4 Å². The Balaban J connectivity index is 2.43. The Kier molecular flexibility index (Phi) is 3.96. The van der Waals surface area contributed by atoms with Crippen LogP contribution < -0.4 is 5.14 Å². The van der Waals surface area contributed by atoms with E-state index in [1.54, 1.807) is 18.2 Å². The van der Waals surface area contributed by atoms with Crippen molar-refractivity contribution in [2.45, 2.75) is 18.4 Å². The molecule has 1 aliphatic carbocycles. The number of hydrogen-bond donors (Lipinski definition) is 1. The van der Waals surface area contributed by atoms with E-state index in [1.165, 1.54) is 12.1 Å². The first-order chi connectivity index (χ1) is 9.62. The van der Waals surface area contributed by atoms with Crippen LogP contribution in [-0.4, -0.2) is 14.8 Å². The van der Waals surface area contributed by atoms with E-state index in [9.17, 15) is 21.6 Å². The summed E-state index contributed by atoms with van der Waals surface area (Å²) in [5.41, 5.74) is -1.53. The topological polar surface area (TPSA) is 69.4 Å². The van der Waals surface area contributed by atoms with Gasteiger partial charge in [0.15, 0.2) is 0 Å². The van der Waals surface area contributed by atoms with Crippen LogP contribution in [0.5, 0.6) is 0 Å². The molecule has 0 saturated heterocycles. The molecule has 0 fully saturated rings. The highest BCUT2D eigenvalue weighted by atomic mass is 32.2. The molecule has 114 valence electrons. The normalized spacial score (nSPS) is 23.0. The van der Waals surface area contributed by atoms with Gasteiger partial charge in [0, 0.05) is 6.42 Å². The first-order valence-electron chi connectivity index (χ1n) is 5.87. The largest absolute Gasteiger partial charge is 0.523 e. The van der Waals surface area contributed by atoms with E-state index in [2.05, 4.69) is 4.74 Å². The molecule has 1 aromatic rings. The van der Waals surface area contributed by atoms with Crippen LogP contribution in [0.2, 0.25) is 0 Å². The maximum Gasteiger partial charge on any atom is 0.523 e. The van der Waals surface area contributed by atoms with E-state index < -0.39 is 22.0 Å². The lowest BCUT2D eigenvalue weighted by Crippen LogP contribution is -2.35. The van der Waals surface area contributed by atoms with Gasteiger partial charge in [-0.15, -0.1) is 13.2 Å². The third-order valence-electron chi connectivity index (χ3n) is 3.01. The van der Waals surface area contributed by atoms with Gasteiger partial charge in [0.1, 0.15) is 5.60 Å². The molecule has 21 heavy (non-hydrogen) atoms. The van der Waals surface area contributed by atoms with Crippen molar-refractivity contribution in [1.82, 2.24) is 0 Å². The van der Waals surface area contributed by atoms with Crippen molar-refractivity contribution >= 4 is 10.0 Å². The number of alkyl halides is 3. The van der Waals surface area contributed by atoms with Gasteiger partial charge in [0.25, 0.3) is 0 Å². The first kappa shape index (κ1) is 15.7. The van der Waals surface area contributed by atoms with Crippen molar-refractivity contribution in [3.05, 3.63) is 59.0 Å². The predicted molar refractivity (Wildman–Crippen MR) is 70.2 cm³/mol. The monoisotopic (exact) mass is 319 g/mol. The van der Waals surface area contributed by atoms with Crippen molar-refractivity contribution in [2.24, 2.45) is 5.14 Å². The molecule has 0 bridgehead atoms. The summed E-state index contributed by atoms with van der Waals surface area (Å²) in [4.78, 5) is -0.236. The molecule has 0 amide bonds. The summed E-state index contributed by atoms with van der Waals surface area (Å²) >= 11 is 0. The molecule has 1 atom stereocenters. The summed E-state index contributed by atoms with van der Waals surface area (Å²) in [5.74, 6) is 0. The predicted octanol–water partition coefficient (Wildman–Crippen LogP) is 2.55. The average molecular weight is 319 g/mol. The van der Waals surface area contributed by atoms with Gasteiger partial charge in [-0.05, 0) is 17.7 Å². The van der Waals surface area contributed by atoms with Gasteiger partial charge in [0.05, 0.1) is 4.91 Å². The number of allylic oxidation sites excluding steroid dienone is 1. The summed E-state index contributed by atoms with van der Waals surface area (Å²) in [6, 6.07) is 7.76. The van der Waals surface area contributed by atoms with Gasteiger partial charge in [-0.3, -0.25) is 4.74 Å². The minimum atomic E-state index is -4.87. The van der Waals surface area contributed by atoms with Crippen molar-refractivity contribution in [3.8, 4) is 0 Å². The molecule has 4 nitrogen and oxygen atoms in total. The summed E-state index contributed by atoms with van der Waals surface area (Å²) in [5, 5.41) is 4.95. The maximum absolute atomic E-state index is 12.7. The minimum Gasteiger partial charge on any atom is -0.276 e. The van der Waals surface area contributed by atoms with Crippen LogP contribution in [0.1, 0.15) is 12.0 Å². The molecule has 1 aliphatic rings. The fourth-order valence-electron chi connectivity index (χ4n) is 2.09. The molecular weight excluding hydrogens is 307 g/mol. The molecule has 0 saturated carbocycles. The zero-order valence-corrected chi connectivity index (χ0v) is 11.5. The summed E-state index contributed by atoms with van der Waals surface area (Å²) in [6.07, 6.45) is -1.95. The van der Waals surface area contributed by atoms with Gasteiger partial charge in [-0.2, -0.15) is 0 Å². The molecule has 0 aromatic heterocycles. The molecule has 8 heteroatoms. The number of primary sulfonamides is 1. The van der Waals surface area contributed by atoms with Crippen molar-refractivity contribution in [2.75, 3.05) is 0 Å². The number of sulfonamides is 1. The smallest absolute Gasteiger partial charge is 0.276 e. The summed E-state index contributed by atoms with van der Waals surface area (Å²) in [6.45, 7) is 0. The lowest BCUT2D eigenvalue weighted by Gasteiger charge is -2.33. The van der Waals surface area contributed by atoms with E-state index in [0.717, 1.165) is 18.2 Å². The highest BCUT2D eigenvalue weighted by Crippen LogP contribution is 2.40. The number of rotatable bonds is 3. The highest BCUT2D eigenvalue weighted by molar-refractivity contribution is 7.93. The number of hydrogen-bond acceptors (Lipinski definition) is 3. The Bertz CT molecular complexity index is 680. The Hall–Kier alpha value is -1.64. The van der Waals surface area contributed by atoms with Gasteiger partial charge in [-0.25, -0.2) is 13.6 Å². The third kappa shape index (κ3) is 3.72. The summed E-state index contributed by atoms with van der Waals surface area (Å²) in [7, 11) is -3.96. The number of benzene rings is 1. The minimum absolute atomic E-state index is 0.236.